The first-order valence-corrected chi connectivity index (χ1v) is 6.74. The Labute approximate surface area is 115 Å². The molecule has 0 amide bonds. The van der Waals surface area contributed by atoms with Gasteiger partial charge in [-0.1, -0.05) is 38.1 Å². The Morgan fingerprint density at radius 1 is 1.16 bits per heavy atom. The molecule has 0 saturated carbocycles. The number of aliphatic hydroxyl groups excluding tert-OH is 1. The molecule has 0 aliphatic rings. The number of hydroxylamine groups is 1. The zero-order chi connectivity index (χ0) is 14.1. The Bertz CT molecular complexity index is 338. The fourth-order valence-corrected chi connectivity index (χ4v) is 1.80. The van der Waals surface area contributed by atoms with Crippen molar-refractivity contribution in [2.24, 2.45) is 5.92 Å². The molecule has 0 aromatic heterocycles. The molecule has 4 nitrogen and oxygen atoms in total. The lowest BCUT2D eigenvalue weighted by Crippen LogP contribution is -2.23. The summed E-state index contributed by atoms with van der Waals surface area (Å²) < 4.78 is 4.85. The molecular formula is C15H25NO3. The topological polar surface area (TPSA) is 50.7 Å². The van der Waals surface area contributed by atoms with Crippen LogP contribution in [0.4, 0.5) is 0 Å². The standard InChI is InChI=1S/C15H25NO3/c1-12(2)10-13-4-6-14(7-5-13)15(17)11-16-19-9-8-18-3/h4-7,12,15-17H,8-11H2,1-3H3. The molecule has 1 rings (SSSR count). The second kappa shape index (κ2) is 9.04. The number of aliphatic hydroxyl groups is 1. The fraction of sp³-hybridized carbons (Fsp3) is 0.600. The van der Waals surface area contributed by atoms with E-state index in [1.807, 2.05) is 12.1 Å². The van der Waals surface area contributed by atoms with Gasteiger partial charge in [0, 0.05) is 7.11 Å². The van der Waals surface area contributed by atoms with Gasteiger partial charge in [-0.3, -0.25) is 4.84 Å². The Morgan fingerprint density at radius 2 is 1.84 bits per heavy atom. The molecule has 0 radical (unpaired) electrons. The van der Waals surface area contributed by atoms with Crippen molar-refractivity contribution in [3.05, 3.63) is 35.4 Å². The number of benzene rings is 1. The van der Waals surface area contributed by atoms with Crippen molar-refractivity contribution in [1.82, 2.24) is 5.48 Å². The van der Waals surface area contributed by atoms with E-state index >= 15 is 0 Å². The minimum absolute atomic E-state index is 0.368. The van der Waals surface area contributed by atoms with Crippen molar-refractivity contribution in [3.8, 4) is 0 Å². The van der Waals surface area contributed by atoms with Gasteiger partial charge in [0.1, 0.15) is 0 Å². The molecule has 0 bridgehead atoms. The average Bonchev–Trinajstić information content (AvgIpc) is 2.38. The summed E-state index contributed by atoms with van der Waals surface area (Å²) in [7, 11) is 1.62. The molecule has 108 valence electrons. The SMILES string of the molecule is COCCONCC(O)c1ccc(CC(C)C)cc1. The van der Waals surface area contributed by atoms with Crippen LogP contribution in [-0.4, -0.2) is 32.0 Å². The summed E-state index contributed by atoms with van der Waals surface area (Å²) in [5.74, 6) is 0.645. The molecule has 0 spiro atoms. The molecule has 0 aliphatic heterocycles. The lowest BCUT2D eigenvalue weighted by atomic mass is 10.0. The van der Waals surface area contributed by atoms with Crippen molar-refractivity contribution >= 4 is 0 Å². The molecule has 1 aromatic rings. The first-order chi connectivity index (χ1) is 9.13. The van der Waals surface area contributed by atoms with Crippen molar-refractivity contribution in [3.63, 3.8) is 0 Å². The summed E-state index contributed by atoms with van der Waals surface area (Å²) in [6, 6.07) is 8.09. The summed E-state index contributed by atoms with van der Waals surface area (Å²) in [6.45, 7) is 5.77. The molecule has 19 heavy (non-hydrogen) atoms. The quantitative estimate of drug-likeness (QED) is 0.531. The second-order valence-corrected chi connectivity index (χ2v) is 5.05. The summed E-state index contributed by atoms with van der Waals surface area (Å²) in [5, 5.41) is 9.98. The summed E-state index contributed by atoms with van der Waals surface area (Å²) in [6.07, 6.45) is 0.505. The average molecular weight is 267 g/mol. The lowest BCUT2D eigenvalue weighted by molar-refractivity contribution is -0.0112. The van der Waals surface area contributed by atoms with E-state index in [1.54, 1.807) is 7.11 Å². The van der Waals surface area contributed by atoms with Crippen LogP contribution in [0.25, 0.3) is 0 Å². The van der Waals surface area contributed by atoms with Crippen molar-refractivity contribution in [2.45, 2.75) is 26.4 Å². The van der Waals surface area contributed by atoms with E-state index in [-0.39, 0.29) is 0 Å². The summed E-state index contributed by atoms with van der Waals surface area (Å²) in [5.41, 5.74) is 4.93. The highest BCUT2D eigenvalue weighted by Gasteiger charge is 2.07. The van der Waals surface area contributed by atoms with Crippen LogP contribution in [-0.2, 0) is 16.0 Å². The van der Waals surface area contributed by atoms with Crippen LogP contribution in [0.1, 0.15) is 31.1 Å². The van der Waals surface area contributed by atoms with E-state index in [0.717, 1.165) is 12.0 Å². The lowest BCUT2D eigenvalue weighted by Gasteiger charge is -2.13. The Balaban J connectivity index is 2.33. The Hall–Kier alpha value is -0.940. The molecule has 0 saturated heterocycles. The van der Waals surface area contributed by atoms with Gasteiger partial charge in [0.05, 0.1) is 25.9 Å². The van der Waals surface area contributed by atoms with E-state index in [2.05, 4.69) is 31.5 Å². The van der Waals surface area contributed by atoms with Crippen LogP contribution in [0, 0.1) is 5.92 Å². The van der Waals surface area contributed by atoms with Crippen LogP contribution < -0.4 is 5.48 Å². The largest absolute Gasteiger partial charge is 0.387 e. The maximum absolute atomic E-state index is 9.98. The molecular weight excluding hydrogens is 242 g/mol. The minimum Gasteiger partial charge on any atom is -0.387 e. The molecule has 0 heterocycles. The molecule has 0 fully saturated rings. The van der Waals surface area contributed by atoms with Crippen molar-refractivity contribution in [2.75, 3.05) is 26.9 Å². The zero-order valence-corrected chi connectivity index (χ0v) is 12.1. The predicted molar refractivity (Wildman–Crippen MR) is 75.8 cm³/mol. The normalized spacial score (nSPS) is 12.9. The van der Waals surface area contributed by atoms with Gasteiger partial charge in [-0.2, -0.15) is 5.48 Å². The van der Waals surface area contributed by atoms with E-state index < -0.39 is 6.10 Å². The molecule has 0 aliphatic carbocycles. The third kappa shape index (κ3) is 6.68. The van der Waals surface area contributed by atoms with Gasteiger partial charge < -0.3 is 9.84 Å². The number of rotatable bonds is 9. The number of nitrogens with one attached hydrogen (secondary N) is 1. The minimum atomic E-state index is -0.560. The highest BCUT2D eigenvalue weighted by atomic mass is 16.7. The van der Waals surface area contributed by atoms with Crippen LogP contribution in [0.15, 0.2) is 24.3 Å². The highest BCUT2D eigenvalue weighted by molar-refractivity contribution is 5.24. The van der Waals surface area contributed by atoms with Crippen LogP contribution >= 0.6 is 0 Å². The van der Waals surface area contributed by atoms with E-state index in [4.69, 9.17) is 9.57 Å². The maximum atomic E-state index is 9.98. The first kappa shape index (κ1) is 16.1. The molecule has 1 atom stereocenters. The van der Waals surface area contributed by atoms with Crippen LogP contribution in [0.5, 0.6) is 0 Å². The molecule has 1 unspecified atom stereocenters. The van der Waals surface area contributed by atoms with E-state index in [1.165, 1.54) is 5.56 Å². The van der Waals surface area contributed by atoms with Gasteiger partial charge in [0.15, 0.2) is 0 Å². The molecule has 2 N–H and O–H groups in total. The number of ether oxygens (including phenoxy) is 1. The predicted octanol–water partition coefficient (Wildman–Crippen LogP) is 2.09. The molecule has 4 heteroatoms. The first-order valence-electron chi connectivity index (χ1n) is 6.74. The van der Waals surface area contributed by atoms with Gasteiger partial charge in [-0.15, -0.1) is 0 Å². The molecule has 1 aromatic carbocycles. The van der Waals surface area contributed by atoms with Crippen LogP contribution in [0.3, 0.4) is 0 Å². The van der Waals surface area contributed by atoms with E-state index in [9.17, 15) is 5.11 Å². The zero-order valence-electron chi connectivity index (χ0n) is 12.1. The third-order valence-electron chi connectivity index (χ3n) is 2.78. The fourth-order valence-electron chi connectivity index (χ4n) is 1.80. The number of methoxy groups -OCH3 is 1. The second-order valence-electron chi connectivity index (χ2n) is 5.05. The van der Waals surface area contributed by atoms with Crippen LogP contribution in [0.2, 0.25) is 0 Å². The monoisotopic (exact) mass is 267 g/mol. The Kier molecular flexibility index (Phi) is 7.67. The highest BCUT2D eigenvalue weighted by Crippen LogP contribution is 2.15. The van der Waals surface area contributed by atoms with E-state index in [0.29, 0.717) is 25.7 Å². The third-order valence-corrected chi connectivity index (χ3v) is 2.78. The number of hydrogen-bond acceptors (Lipinski definition) is 4. The summed E-state index contributed by atoms with van der Waals surface area (Å²) >= 11 is 0. The van der Waals surface area contributed by atoms with Gasteiger partial charge in [0.25, 0.3) is 0 Å². The maximum Gasteiger partial charge on any atom is 0.0937 e. The number of hydrogen-bond donors (Lipinski definition) is 2. The van der Waals surface area contributed by atoms with Crippen molar-refractivity contribution in [1.29, 1.82) is 0 Å². The van der Waals surface area contributed by atoms with Gasteiger partial charge in [-0.25, -0.2) is 0 Å². The van der Waals surface area contributed by atoms with Gasteiger partial charge in [0.2, 0.25) is 0 Å². The Morgan fingerprint density at radius 3 is 2.42 bits per heavy atom. The smallest absolute Gasteiger partial charge is 0.0937 e. The van der Waals surface area contributed by atoms with Gasteiger partial charge in [-0.05, 0) is 23.5 Å². The van der Waals surface area contributed by atoms with Gasteiger partial charge >= 0.3 is 0 Å². The summed E-state index contributed by atoms with van der Waals surface area (Å²) in [4.78, 5) is 5.11. The van der Waals surface area contributed by atoms with Crippen molar-refractivity contribution < 1.29 is 14.7 Å².